The molecule has 0 bridgehead atoms. The van der Waals surface area contributed by atoms with Crippen molar-refractivity contribution in [3.8, 4) is 17.6 Å². The van der Waals surface area contributed by atoms with Gasteiger partial charge in [-0.3, -0.25) is 19.3 Å². The van der Waals surface area contributed by atoms with Gasteiger partial charge < -0.3 is 26.2 Å². The third kappa shape index (κ3) is 3.52. The molecule has 190 valence electrons. The van der Waals surface area contributed by atoms with Gasteiger partial charge in [0.15, 0.2) is 11.4 Å². The zero-order chi connectivity index (χ0) is 26.7. The molecular weight excluding hydrogens is 464 g/mol. The fourth-order valence-corrected chi connectivity index (χ4v) is 5.66. The number of fused-ring (bicyclic) bond motifs is 3. The minimum absolute atomic E-state index is 0.0413. The van der Waals surface area contributed by atoms with Gasteiger partial charge >= 0.3 is 0 Å². The van der Waals surface area contributed by atoms with Crippen LogP contribution in [0.25, 0.3) is 5.76 Å². The number of Topliss-reactive ketones (excluding diaryl/α,β-unsaturated/α-hetero) is 2. The Kier molecular flexibility index (Phi) is 6.23. The Morgan fingerprint density at radius 2 is 1.92 bits per heavy atom. The van der Waals surface area contributed by atoms with E-state index in [4.69, 9.17) is 5.73 Å². The Balaban J connectivity index is 1.95. The second kappa shape index (κ2) is 8.80. The van der Waals surface area contributed by atoms with Crippen molar-refractivity contribution in [2.75, 3.05) is 14.1 Å². The standard InChI is InChI=1S/C27H30N2O7/c1-5-12(2)6-7-13-8-9-17(30)19-15(13)10-14-11-16-21(29(3)4)23(32)20(26(28)35)25(34)27(16,36)24(33)18(14)22(19)31/h8-9,12,14,16,21,30-31,34,36H,5,10-11H2,1-4H3,(H2,28,35). The number of carbonyl (C=O) groups excluding carboxylic acids is 3. The van der Waals surface area contributed by atoms with Crippen molar-refractivity contribution in [1.29, 1.82) is 0 Å². The Morgan fingerprint density at radius 1 is 1.25 bits per heavy atom. The van der Waals surface area contributed by atoms with Crippen molar-refractivity contribution in [3.05, 3.63) is 45.7 Å². The highest BCUT2D eigenvalue weighted by Crippen LogP contribution is 2.52. The monoisotopic (exact) mass is 494 g/mol. The first kappa shape index (κ1) is 25.5. The third-order valence-corrected chi connectivity index (χ3v) is 7.67. The van der Waals surface area contributed by atoms with Crippen molar-refractivity contribution >= 4 is 23.2 Å². The minimum atomic E-state index is -2.64. The molecule has 36 heavy (non-hydrogen) atoms. The van der Waals surface area contributed by atoms with E-state index >= 15 is 0 Å². The molecule has 0 aromatic heterocycles. The quantitative estimate of drug-likeness (QED) is 0.311. The van der Waals surface area contributed by atoms with Gasteiger partial charge in [0.25, 0.3) is 5.91 Å². The van der Waals surface area contributed by atoms with Crippen molar-refractivity contribution in [2.24, 2.45) is 23.5 Å². The average molecular weight is 495 g/mol. The van der Waals surface area contributed by atoms with Gasteiger partial charge in [-0.1, -0.05) is 25.7 Å². The van der Waals surface area contributed by atoms with Crippen LogP contribution in [0, 0.1) is 29.6 Å². The van der Waals surface area contributed by atoms with Crippen molar-refractivity contribution < 1.29 is 34.8 Å². The topological polar surface area (TPSA) is 161 Å². The molecule has 0 spiro atoms. The first-order valence-corrected chi connectivity index (χ1v) is 11.9. The predicted molar refractivity (Wildman–Crippen MR) is 131 cm³/mol. The number of primary amides is 1. The molecule has 9 heteroatoms. The predicted octanol–water partition coefficient (Wildman–Crippen LogP) is 1.36. The first-order valence-electron chi connectivity index (χ1n) is 11.9. The number of aromatic hydroxyl groups is 1. The van der Waals surface area contributed by atoms with Crippen LogP contribution in [0.5, 0.6) is 5.75 Å². The second-order valence-electron chi connectivity index (χ2n) is 10.0. The molecule has 1 aromatic rings. The molecule has 1 aromatic carbocycles. The van der Waals surface area contributed by atoms with Crippen LogP contribution in [0.1, 0.15) is 43.4 Å². The van der Waals surface area contributed by atoms with Gasteiger partial charge in [-0.2, -0.15) is 0 Å². The minimum Gasteiger partial charge on any atom is -0.508 e. The fourth-order valence-electron chi connectivity index (χ4n) is 5.66. The van der Waals surface area contributed by atoms with Crippen LogP contribution in [0.4, 0.5) is 0 Å². The number of hydrogen-bond donors (Lipinski definition) is 5. The maximum atomic E-state index is 13.8. The number of phenols is 1. The number of benzene rings is 1. The van der Waals surface area contributed by atoms with Gasteiger partial charge in [-0.15, -0.1) is 0 Å². The summed E-state index contributed by atoms with van der Waals surface area (Å²) in [5, 5.41) is 44.3. The summed E-state index contributed by atoms with van der Waals surface area (Å²) in [6.45, 7) is 4.00. The first-order chi connectivity index (χ1) is 16.9. The molecule has 0 saturated heterocycles. The Hall–Kier alpha value is -3.61. The van der Waals surface area contributed by atoms with Crippen molar-refractivity contribution in [1.82, 2.24) is 4.90 Å². The summed E-state index contributed by atoms with van der Waals surface area (Å²) >= 11 is 0. The van der Waals surface area contributed by atoms with Crippen LogP contribution >= 0.6 is 0 Å². The van der Waals surface area contributed by atoms with Crippen LogP contribution in [0.15, 0.2) is 29.0 Å². The number of carbonyl (C=O) groups is 3. The molecule has 5 atom stereocenters. The van der Waals surface area contributed by atoms with Crippen molar-refractivity contribution in [2.45, 2.75) is 44.8 Å². The van der Waals surface area contributed by atoms with E-state index < -0.39 is 58.0 Å². The van der Waals surface area contributed by atoms with Crippen LogP contribution in [-0.2, 0) is 20.8 Å². The number of rotatable bonds is 3. The molecule has 3 aliphatic carbocycles. The average Bonchev–Trinajstić information content (AvgIpc) is 2.80. The highest BCUT2D eigenvalue weighted by atomic mass is 16.3. The molecule has 5 unspecified atom stereocenters. The summed E-state index contributed by atoms with van der Waals surface area (Å²) in [5.41, 5.74) is 2.89. The number of nitrogens with two attached hydrogens (primary N) is 1. The van der Waals surface area contributed by atoms with Crippen molar-refractivity contribution in [3.63, 3.8) is 0 Å². The number of aliphatic hydroxyl groups excluding tert-OH is 2. The van der Waals surface area contributed by atoms with Gasteiger partial charge in [0.1, 0.15) is 22.8 Å². The van der Waals surface area contributed by atoms with E-state index in [0.29, 0.717) is 11.1 Å². The Morgan fingerprint density at radius 3 is 2.50 bits per heavy atom. The van der Waals surface area contributed by atoms with E-state index in [0.717, 1.165) is 6.42 Å². The van der Waals surface area contributed by atoms with Crippen LogP contribution < -0.4 is 5.73 Å². The molecule has 9 nitrogen and oxygen atoms in total. The molecule has 1 saturated carbocycles. The summed E-state index contributed by atoms with van der Waals surface area (Å²) < 4.78 is 0. The second-order valence-corrected chi connectivity index (χ2v) is 10.0. The van der Waals surface area contributed by atoms with Gasteiger partial charge in [0.05, 0.1) is 11.6 Å². The molecule has 1 fully saturated rings. The lowest BCUT2D eigenvalue weighted by Crippen LogP contribution is -2.65. The lowest BCUT2D eigenvalue weighted by molar-refractivity contribution is -0.153. The number of phenolic OH excluding ortho intramolecular Hbond substituents is 1. The third-order valence-electron chi connectivity index (χ3n) is 7.67. The highest BCUT2D eigenvalue weighted by Gasteiger charge is 2.64. The summed E-state index contributed by atoms with van der Waals surface area (Å²) in [6, 6.07) is 1.92. The molecule has 0 heterocycles. The summed E-state index contributed by atoms with van der Waals surface area (Å²) in [7, 11) is 3.13. The van der Waals surface area contributed by atoms with E-state index in [1.54, 1.807) is 20.2 Å². The van der Waals surface area contributed by atoms with E-state index in [-0.39, 0.29) is 35.6 Å². The number of likely N-dealkylation sites (N-methyl/N-ethyl adjacent to an activating group) is 1. The van der Waals surface area contributed by atoms with Crippen LogP contribution in [0.2, 0.25) is 0 Å². The zero-order valence-corrected chi connectivity index (χ0v) is 20.6. The Labute approximate surface area is 208 Å². The van der Waals surface area contributed by atoms with Gasteiger partial charge in [0.2, 0.25) is 5.78 Å². The molecule has 3 aliphatic rings. The summed E-state index contributed by atoms with van der Waals surface area (Å²) in [5.74, 6) is -0.296. The number of aliphatic hydroxyl groups is 3. The fraction of sp³-hybridized carbons (Fsp3) is 0.444. The lowest BCUT2D eigenvalue weighted by Gasteiger charge is -2.50. The van der Waals surface area contributed by atoms with E-state index in [9.17, 15) is 34.8 Å². The number of nitrogens with zero attached hydrogens (tertiary/aromatic N) is 1. The highest BCUT2D eigenvalue weighted by molar-refractivity contribution is 6.24. The van der Waals surface area contributed by atoms with E-state index in [1.807, 2.05) is 13.8 Å². The number of ketones is 2. The maximum absolute atomic E-state index is 13.8. The molecule has 4 rings (SSSR count). The molecule has 0 aliphatic heterocycles. The molecule has 0 radical (unpaired) electrons. The molecule has 1 amide bonds. The summed E-state index contributed by atoms with van der Waals surface area (Å²) in [4.78, 5) is 40.4. The summed E-state index contributed by atoms with van der Waals surface area (Å²) in [6.07, 6.45) is 1.11. The van der Waals surface area contributed by atoms with Gasteiger partial charge in [0, 0.05) is 23.0 Å². The van der Waals surface area contributed by atoms with Gasteiger partial charge in [-0.25, -0.2) is 0 Å². The molecular formula is C27H30N2O7. The van der Waals surface area contributed by atoms with Crippen LogP contribution in [0.3, 0.4) is 0 Å². The zero-order valence-electron chi connectivity index (χ0n) is 20.6. The normalized spacial score (nSPS) is 28.2. The Bertz CT molecular complexity index is 1310. The van der Waals surface area contributed by atoms with Gasteiger partial charge in [-0.05, 0) is 57.0 Å². The SMILES string of the molecule is CCC(C)C#Cc1ccc(O)c2c1CC1CC3C(N(C)C)C(=O)C(C(N)=O)=C(O)C3(O)C(=O)C1=C2O. The van der Waals surface area contributed by atoms with E-state index in [2.05, 4.69) is 11.8 Å². The lowest BCUT2D eigenvalue weighted by atomic mass is 9.57. The van der Waals surface area contributed by atoms with E-state index in [1.165, 1.54) is 11.0 Å². The number of amides is 1. The molecule has 6 N–H and O–H groups in total. The number of hydrogen-bond acceptors (Lipinski definition) is 8. The smallest absolute Gasteiger partial charge is 0.255 e. The largest absolute Gasteiger partial charge is 0.508 e. The van der Waals surface area contributed by atoms with Crippen LogP contribution in [-0.4, -0.2) is 68.5 Å². The maximum Gasteiger partial charge on any atom is 0.255 e.